The van der Waals surface area contributed by atoms with Crippen LogP contribution in [-0.2, 0) is 11.3 Å². The Labute approximate surface area is 157 Å². The summed E-state index contributed by atoms with van der Waals surface area (Å²) in [5.41, 5.74) is 1.28. The predicted molar refractivity (Wildman–Crippen MR) is 93.4 cm³/mol. The van der Waals surface area contributed by atoms with E-state index in [-0.39, 0.29) is 0 Å². The first-order valence-corrected chi connectivity index (χ1v) is 9.16. The van der Waals surface area contributed by atoms with Gasteiger partial charge in [0.15, 0.2) is 0 Å². The summed E-state index contributed by atoms with van der Waals surface area (Å²) in [7, 11) is 0. The van der Waals surface area contributed by atoms with E-state index >= 15 is 0 Å². The van der Waals surface area contributed by atoms with Gasteiger partial charge in [-0.25, -0.2) is 18.6 Å². The molecule has 1 saturated carbocycles. The van der Waals surface area contributed by atoms with Crippen molar-refractivity contribution in [2.45, 2.75) is 19.4 Å². The predicted octanol–water partition coefficient (Wildman–Crippen LogP) is 2.97. The van der Waals surface area contributed by atoms with Crippen LogP contribution in [0, 0.1) is 11.8 Å². The largest absolute Gasteiger partial charge is 0.462 e. The molecule has 1 aliphatic carbocycles. The Morgan fingerprint density at radius 1 is 1.38 bits per heavy atom. The Hall–Kier alpha value is -2.03. The summed E-state index contributed by atoms with van der Waals surface area (Å²) in [5.74, 6) is -3.30. The van der Waals surface area contributed by atoms with Crippen LogP contribution in [0.25, 0.3) is 0 Å². The molecule has 6 nitrogen and oxygen atoms in total. The van der Waals surface area contributed by atoms with Crippen molar-refractivity contribution < 1.29 is 18.3 Å². The molecule has 4 rings (SSSR count). The highest BCUT2D eigenvalue weighted by atomic mass is 79.9. The van der Waals surface area contributed by atoms with Crippen LogP contribution in [0.2, 0.25) is 0 Å². The maximum atomic E-state index is 13.3. The van der Waals surface area contributed by atoms with E-state index < -0.39 is 23.7 Å². The molecule has 0 amide bonds. The van der Waals surface area contributed by atoms with Crippen molar-refractivity contribution >= 4 is 27.7 Å². The molecule has 2 fully saturated rings. The molecule has 1 saturated heterocycles. The van der Waals surface area contributed by atoms with Gasteiger partial charge in [0.25, 0.3) is 5.92 Å². The lowest BCUT2D eigenvalue weighted by Gasteiger charge is -2.22. The Morgan fingerprint density at radius 2 is 2.12 bits per heavy atom. The lowest BCUT2D eigenvalue weighted by Crippen LogP contribution is -2.28. The van der Waals surface area contributed by atoms with Crippen molar-refractivity contribution in [3.8, 4) is 0 Å². The summed E-state index contributed by atoms with van der Waals surface area (Å²) in [5, 5.41) is 4.16. The normalized spacial score (nSPS) is 23.0. The maximum absolute atomic E-state index is 13.3. The summed E-state index contributed by atoms with van der Waals surface area (Å²) in [4.78, 5) is 18.0. The molecule has 0 N–H and O–H groups in total. The zero-order chi connectivity index (χ0) is 18.5. The molecule has 9 heteroatoms. The number of ether oxygens (including phenoxy) is 1. The lowest BCUT2D eigenvalue weighted by molar-refractivity contribution is 0.0526. The van der Waals surface area contributed by atoms with Gasteiger partial charge >= 0.3 is 5.97 Å². The first-order valence-electron chi connectivity index (χ1n) is 8.37. The first-order chi connectivity index (χ1) is 12.4. The molecule has 2 atom stereocenters. The highest BCUT2D eigenvalue weighted by Crippen LogP contribution is 2.59. The molecule has 0 radical (unpaired) electrons. The molecule has 26 heavy (non-hydrogen) atoms. The van der Waals surface area contributed by atoms with Crippen molar-refractivity contribution in [2.75, 3.05) is 24.6 Å². The zero-order valence-electron chi connectivity index (χ0n) is 14.0. The van der Waals surface area contributed by atoms with E-state index in [0.717, 1.165) is 10.0 Å². The van der Waals surface area contributed by atoms with Gasteiger partial charge in [0.05, 0.1) is 41.2 Å². The fraction of sp³-hybridized carbons (Fsp3) is 0.471. The van der Waals surface area contributed by atoms with Gasteiger partial charge < -0.3 is 9.64 Å². The number of fused-ring (bicyclic) bond motifs is 1. The summed E-state index contributed by atoms with van der Waals surface area (Å²) in [6.07, 6.45) is 4.79. The Kier molecular flexibility index (Phi) is 4.21. The maximum Gasteiger partial charge on any atom is 0.341 e. The second-order valence-corrected chi connectivity index (χ2v) is 7.44. The minimum atomic E-state index is -2.50. The van der Waals surface area contributed by atoms with Gasteiger partial charge in [0, 0.05) is 25.5 Å². The fourth-order valence-corrected chi connectivity index (χ4v) is 4.07. The first kappa shape index (κ1) is 17.4. The van der Waals surface area contributed by atoms with E-state index in [2.05, 4.69) is 26.0 Å². The van der Waals surface area contributed by atoms with Crippen molar-refractivity contribution in [2.24, 2.45) is 11.8 Å². The van der Waals surface area contributed by atoms with E-state index in [1.165, 1.54) is 6.20 Å². The number of piperidine rings is 1. The van der Waals surface area contributed by atoms with Gasteiger partial charge in [-0.1, -0.05) is 0 Å². The number of carbonyl (C=O) groups excluding carboxylic acids is 1. The van der Waals surface area contributed by atoms with Gasteiger partial charge in [-0.2, -0.15) is 5.10 Å². The Morgan fingerprint density at radius 3 is 2.77 bits per heavy atom. The Balaban J connectivity index is 1.43. The number of esters is 1. The molecule has 0 bridgehead atoms. The summed E-state index contributed by atoms with van der Waals surface area (Å²) in [6, 6.07) is 1.90. The average Bonchev–Trinajstić information content (AvgIpc) is 3.03. The summed E-state index contributed by atoms with van der Waals surface area (Å²) in [6.45, 7) is 3.18. The molecular formula is C17H17BrF2N4O2. The number of carbonyl (C=O) groups is 1. The second kappa shape index (κ2) is 6.29. The molecular weight excluding hydrogens is 410 g/mol. The van der Waals surface area contributed by atoms with E-state index in [0.29, 0.717) is 37.6 Å². The topological polar surface area (TPSA) is 60.2 Å². The van der Waals surface area contributed by atoms with Crippen LogP contribution in [-0.4, -0.2) is 46.4 Å². The smallest absolute Gasteiger partial charge is 0.341 e. The van der Waals surface area contributed by atoms with Gasteiger partial charge in [0.2, 0.25) is 0 Å². The highest BCUT2D eigenvalue weighted by Gasteiger charge is 2.71. The van der Waals surface area contributed by atoms with Crippen molar-refractivity contribution in [3.63, 3.8) is 0 Å². The number of hydrogen-bond acceptors (Lipinski definition) is 5. The Bertz CT molecular complexity index is 843. The fourth-order valence-electron chi connectivity index (χ4n) is 3.43. The number of aromatic nitrogens is 3. The molecule has 2 aromatic heterocycles. The van der Waals surface area contributed by atoms with Gasteiger partial charge in [-0.15, -0.1) is 0 Å². The minimum Gasteiger partial charge on any atom is -0.462 e. The van der Waals surface area contributed by atoms with Crippen molar-refractivity contribution in [1.82, 2.24) is 14.8 Å². The number of alkyl halides is 2. The van der Waals surface area contributed by atoms with E-state index in [4.69, 9.17) is 4.74 Å². The van der Waals surface area contributed by atoms with Gasteiger partial charge in [-0.3, -0.25) is 4.68 Å². The number of anilines is 1. The molecule has 2 unspecified atom stereocenters. The summed E-state index contributed by atoms with van der Waals surface area (Å²) < 4.78 is 34.0. The molecule has 1 aliphatic heterocycles. The number of hydrogen-bond donors (Lipinski definition) is 0. The molecule has 0 spiro atoms. The van der Waals surface area contributed by atoms with Crippen LogP contribution in [0.5, 0.6) is 0 Å². The minimum absolute atomic E-state index is 0.312. The number of nitrogens with zero attached hydrogens (tertiary/aromatic N) is 4. The molecule has 2 aromatic rings. The SMILES string of the molecule is CCOC(=O)c1cnn(Cc2cnc(N3CC4C(C3)C4(F)F)c(Br)c2)c1. The molecule has 138 valence electrons. The van der Waals surface area contributed by atoms with Crippen LogP contribution in [0.1, 0.15) is 22.8 Å². The van der Waals surface area contributed by atoms with Gasteiger partial charge in [-0.05, 0) is 34.5 Å². The average molecular weight is 427 g/mol. The van der Waals surface area contributed by atoms with Gasteiger partial charge in [0.1, 0.15) is 5.82 Å². The monoisotopic (exact) mass is 426 g/mol. The second-order valence-electron chi connectivity index (χ2n) is 6.59. The lowest BCUT2D eigenvalue weighted by atomic mass is 10.2. The van der Waals surface area contributed by atoms with Crippen molar-refractivity contribution in [1.29, 1.82) is 0 Å². The van der Waals surface area contributed by atoms with Crippen LogP contribution in [0.3, 0.4) is 0 Å². The third-order valence-corrected chi connectivity index (χ3v) is 5.45. The number of halogens is 3. The van der Waals surface area contributed by atoms with Crippen LogP contribution in [0.15, 0.2) is 29.1 Å². The van der Waals surface area contributed by atoms with E-state index in [1.807, 2.05) is 11.0 Å². The van der Waals surface area contributed by atoms with Crippen LogP contribution in [0.4, 0.5) is 14.6 Å². The quantitative estimate of drug-likeness (QED) is 0.687. The number of rotatable bonds is 5. The number of pyridine rings is 1. The summed E-state index contributed by atoms with van der Waals surface area (Å²) >= 11 is 3.49. The third-order valence-electron chi connectivity index (χ3n) is 4.87. The van der Waals surface area contributed by atoms with Crippen LogP contribution < -0.4 is 4.90 Å². The third kappa shape index (κ3) is 2.98. The standard InChI is InChI=1S/C17H17BrF2N4O2/c1-2-26-16(25)11-5-22-24(7-11)6-10-3-14(18)15(21-4-10)23-8-12-13(9-23)17(12,19)20/h3-5,7,12-13H,2,6,8-9H2,1H3. The van der Waals surface area contributed by atoms with Crippen LogP contribution >= 0.6 is 15.9 Å². The van der Waals surface area contributed by atoms with Crippen molar-refractivity contribution in [3.05, 3.63) is 40.3 Å². The molecule has 2 aliphatic rings. The van der Waals surface area contributed by atoms with E-state index in [9.17, 15) is 13.6 Å². The zero-order valence-corrected chi connectivity index (χ0v) is 15.6. The van der Waals surface area contributed by atoms with E-state index in [1.54, 1.807) is 24.0 Å². The highest BCUT2D eigenvalue weighted by molar-refractivity contribution is 9.10. The molecule has 0 aromatic carbocycles. The molecule has 3 heterocycles.